The van der Waals surface area contributed by atoms with Crippen molar-refractivity contribution in [1.82, 2.24) is 20.0 Å². The molecule has 0 aliphatic heterocycles. The molecule has 72 valence electrons. The normalized spacial score (nSPS) is 10.4. The van der Waals surface area contributed by atoms with E-state index in [1.54, 1.807) is 19.4 Å². The van der Waals surface area contributed by atoms with Gasteiger partial charge in [0, 0.05) is 18.8 Å². The molecule has 0 amide bonds. The lowest BCUT2D eigenvalue weighted by molar-refractivity contribution is 0.0697. The first-order valence-electron chi connectivity index (χ1n) is 3.94. The van der Waals surface area contributed by atoms with Gasteiger partial charge in [0.25, 0.3) is 0 Å². The third-order valence-electron chi connectivity index (χ3n) is 1.94. The molecule has 0 fully saturated rings. The molecule has 14 heavy (non-hydrogen) atoms. The Labute approximate surface area is 79.2 Å². The summed E-state index contributed by atoms with van der Waals surface area (Å²) in [6, 6.07) is 0. The summed E-state index contributed by atoms with van der Waals surface area (Å²) in [5, 5.41) is 19.2. The van der Waals surface area contributed by atoms with Crippen LogP contribution in [-0.4, -0.2) is 31.1 Å². The fourth-order valence-electron chi connectivity index (χ4n) is 1.32. The smallest absolute Gasteiger partial charge is 0.339 e. The quantitative estimate of drug-likeness (QED) is 0.726. The van der Waals surface area contributed by atoms with E-state index in [-0.39, 0.29) is 5.56 Å². The number of aromatic nitrogens is 4. The van der Waals surface area contributed by atoms with Crippen molar-refractivity contribution in [3.63, 3.8) is 0 Å². The predicted molar refractivity (Wildman–Crippen MR) is 47.7 cm³/mol. The number of H-pyrrole nitrogens is 1. The van der Waals surface area contributed by atoms with Gasteiger partial charge in [-0.2, -0.15) is 10.2 Å². The van der Waals surface area contributed by atoms with Crippen LogP contribution in [0.4, 0.5) is 0 Å². The third-order valence-corrected chi connectivity index (χ3v) is 1.94. The first-order chi connectivity index (χ1) is 6.70. The van der Waals surface area contributed by atoms with Gasteiger partial charge in [0.2, 0.25) is 0 Å². The van der Waals surface area contributed by atoms with Crippen molar-refractivity contribution in [2.24, 2.45) is 7.05 Å². The average Bonchev–Trinajstić information content (AvgIpc) is 2.71. The molecule has 0 aliphatic rings. The average molecular weight is 192 g/mol. The number of aromatic amines is 1. The second-order valence-corrected chi connectivity index (χ2v) is 2.82. The van der Waals surface area contributed by atoms with Crippen LogP contribution in [0.3, 0.4) is 0 Å². The zero-order valence-electron chi connectivity index (χ0n) is 7.43. The number of aryl methyl sites for hydroxylation is 1. The second-order valence-electron chi connectivity index (χ2n) is 2.82. The minimum atomic E-state index is -0.991. The van der Waals surface area contributed by atoms with E-state index in [0.717, 1.165) is 0 Å². The number of carboxylic acids is 1. The predicted octanol–water partition coefficient (Wildman–Crippen LogP) is 0.508. The molecule has 6 nitrogen and oxygen atoms in total. The van der Waals surface area contributed by atoms with Crippen molar-refractivity contribution >= 4 is 5.97 Å². The summed E-state index contributed by atoms with van der Waals surface area (Å²) in [7, 11) is 1.69. The van der Waals surface area contributed by atoms with Crippen molar-refractivity contribution in [3.05, 3.63) is 24.2 Å². The Morgan fingerprint density at radius 1 is 1.57 bits per heavy atom. The monoisotopic (exact) mass is 192 g/mol. The van der Waals surface area contributed by atoms with E-state index in [1.807, 2.05) is 0 Å². The number of carboxylic acid groups (broad SMARTS) is 1. The summed E-state index contributed by atoms with van der Waals surface area (Å²) in [6.07, 6.45) is 4.51. The molecule has 2 aromatic rings. The maximum atomic E-state index is 10.8. The molecule has 0 aliphatic carbocycles. The van der Waals surface area contributed by atoms with Crippen LogP contribution in [0.1, 0.15) is 10.4 Å². The second kappa shape index (κ2) is 2.99. The Balaban J connectivity index is 2.62. The van der Waals surface area contributed by atoms with Crippen LogP contribution in [-0.2, 0) is 7.05 Å². The number of carbonyl (C=O) groups is 1. The molecule has 2 rings (SSSR count). The topological polar surface area (TPSA) is 83.8 Å². The molecule has 2 aromatic heterocycles. The van der Waals surface area contributed by atoms with Crippen LogP contribution in [0.5, 0.6) is 0 Å². The molecular weight excluding hydrogens is 184 g/mol. The highest BCUT2D eigenvalue weighted by molar-refractivity contribution is 5.94. The highest BCUT2D eigenvalue weighted by Gasteiger charge is 2.16. The lowest BCUT2D eigenvalue weighted by Crippen LogP contribution is -1.99. The Morgan fingerprint density at radius 3 is 2.93 bits per heavy atom. The highest BCUT2D eigenvalue weighted by Crippen LogP contribution is 2.21. The van der Waals surface area contributed by atoms with Crippen molar-refractivity contribution in [1.29, 1.82) is 0 Å². The molecule has 6 heteroatoms. The largest absolute Gasteiger partial charge is 0.478 e. The summed E-state index contributed by atoms with van der Waals surface area (Å²) in [6.45, 7) is 0. The van der Waals surface area contributed by atoms with Gasteiger partial charge < -0.3 is 5.11 Å². The molecule has 2 heterocycles. The fraction of sp³-hybridized carbons (Fsp3) is 0.125. The van der Waals surface area contributed by atoms with Gasteiger partial charge in [-0.25, -0.2) is 4.79 Å². The first-order valence-corrected chi connectivity index (χ1v) is 3.94. The molecule has 0 bridgehead atoms. The molecule has 0 saturated carbocycles. The SMILES string of the molecule is Cn1ncc(C(=O)O)c1-c1cn[nH]c1. The minimum Gasteiger partial charge on any atom is -0.478 e. The van der Waals surface area contributed by atoms with Gasteiger partial charge in [0.1, 0.15) is 5.56 Å². The van der Waals surface area contributed by atoms with Gasteiger partial charge in [-0.05, 0) is 0 Å². The molecule has 0 aromatic carbocycles. The summed E-state index contributed by atoms with van der Waals surface area (Å²) >= 11 is 0. The number of hydrogen-bond donors (Lipinski definition) is 2. The molecule has 0 spiro atoms. The van der Waals surface area contributed by atoms with Crippen LogP contribution in [0, 0.1) is 0 Å². The lowest BCUT2D eigenvalue weighted by Gasteiger charge is -1.99. The van der Waals surface area contributed by atoms with Crippen molar-refractivity contribution in [3.8, 4) is 11.3 Å². The maximum absolute atomic E-state index is 10.8. The Kier molecular flexibility index (Phi) is 1.81. The fourth-order valence-corrected chi connectivity index (χ4v) is 1.32. The summed E-state index contributed by atoms with van der Waals surface area (Å²) < 4.78 is 1.51. The lowest BCUT2D eigenvalue weighted by atomic mass is 10.1. The van der Waals surface area contributed by atoms with Gasteiger partial charge in [-0.15, -0.1) is 0 Å². The van der Waals surface area contributed by atoms with Crippen LogP contribution in [0.2, 0.25) is 0 Å². The zero-order valence-corrected chi connectivity index (χ0v) is 7.43. The van der Waals surface area contributed by atoms with E-state index in [4.69, 9.17) is 5.11 Å². The number of hydrogen-bond acceptors (Lipinski definition) is 3. The van der Waals surface area contributed by atoms with Gasteiger partial charge in [-0.3, -0.25) is 9.78 Å². The zero-order chi connectivity index (χ0) is 10.1. The van der Waals surface area contributed by atoms with Gasteiger partial charge in [0.05, 0.1) is 18.1 Å². The Hall–Kier alpha value is -2.11. The van der Waals surface area contributed by atoms with Crippen molar-refractivity contribution in [2.75, 3.05) is 0 Å². The van der Waals surface area contributed by atoms with Crippen LogP contribution >= 0.6 is 0 Å². The Morgan fingerprint density at radius 2 is 2.36 bits per heavy atom. The number of nitrogens with one attached hydrogen (secondary N) is 1. The van der Waals surface area contributed by atoms with E-state index in [0.29, 0.717) is 11.3 Å². The van der Waals surface area contributed by atoms with E-state index < -0.39 is 5.97 Å². The van der Waals surface area contributed by atoms with Crippen molar-refractivity contribution < 1.29 is 9.90 Å². The summed E-state index contributed by atoms with van der Waals surface area (Å²) in [5.41, 5.74) is 1.43. The summed E-state index contributed by atoms with van der Waals surface area (Å²) in [5.74, 6) is -0.991. The van der Waals surface area contributed by atoms with Crippen LogP contribution < -0.4 is 0 Å². The van der Waals surface area contributed by atoms with Crippen LogP contribution in [0.25, 0.3) is 11.3 Å². The number of nitrogens with zero attached hydrogens (tertiary/aromatic N) is 3. The summed E-state index contributed by atoms with van der Waals surface area (Å²) in [4.78, 5) is 10.8. The van der Waals surface area contributed by atoms with Gasteiger partial charge in [0.15, 0.2) is 0 Å². The first kappa shape index (κ1) is 8.49. The number of rotatable bonds is 2. The standard InChI is InChI=1S/C8H8N4O2/c1-12-7(5-2-9-10-3-5)6(4-11-12)8(13)14/h2-4H,1H3,(H,9,10)(H,13,14). The molecular formula is C8H8N4O2. The van der Waals surface area contributed by atoms with E-state index >= 15 is 0 Å². The Bertz CT molecular complexity index is 458. The molecule has 0 radical (unpaired) electrons. The van der Waals surface area contributed by atoms with E-state index in [1.165, 1.54) is 10.9 Å². The number of aromatic carboxylic acids is 1. The third kappa shape index (κ3) is 1.17. The van der Waals surface area contributed by atoms with Gasteiger partial charge >= 0.3 is 5.97 Å². The van der Waals surface area contributed by atoms with Crippen LogP contribution in [0.15, 0.2) is 18.6 Å². The van der Waals surface area contributed by atoms with E-state index in [9.17, 15) is 4.79 Å². The van der Waals surface area contributed by atoms with Gasteiger partial charge in [-0.1, -0.05) is 0 Å². The minimum absolute atomic E-state index is 0.175. The van der Waals surface area contributed by atoms with Crippen molar-refractivity contribution in [2.45, 2.75) is 0 Å². The highest BCUT2D eigenvalue weighted by atomic mass is 16.4. The molecule has 0 atom stereocenters. The molecule has 0 saturated heterocycles. The van der Waals surface area contributed by atoms with E-state index in [2.05, 4.69) is 15.3 Å². The molecule has 0 unspecified atom stereocenters. The maximum Gasteiger partial charge on any atom is 0.339 e. The molecule has 2 N–H and O–H groups in total.